The van der Waals surface area contributed by atoms with Gasteiger partial charge in [-0.1, -0.05) is 99.1 Å². The minimum absolute atomic E-state index is 0.212. The first-order chi connectivity index (χ1) is 12.9. The fourth-order valence-electron chi connectivity index (χ4n) is 3.71. The molecular weight excluding hydrogens is 348 g/mol. The standard InChI is InChI=1S/C25H42O3/c1-8-9-10-11-12-13-14-19(23(27)28)15-18-16-20(24(2,3)4)22(26)21(17-18)25(5,6)7/h16-17,19,26H,8-15H2,1-7H3,(H,27,28)/p-1. The van der Waals surface area contributed by atoms with Crippen molar-refractivity contribution in [2.45, 2.75) is 111 Å². The molecule has 1 atom stereocenters. The Morgan fingerprint density at radius 1 is 0.929 bits per heavy atom. The molecule has 28 heavy (non-hydrogen) atoms. The molecule has 0 spiro atoms. The van der Waals surface area contributed by atoms with Gasteiger partial charge >= 0.3 is 0 Å². The van der Waals surface area contributed by atoms with Crippen molar-refractivity contribution >= 4 is 5.97 Å². The van der Waals surface area contributed by atoms with Gasteiger partial charge in [0.25, 0.3) is 0 Å². The summed E-state index contributed by atoms with van der Waals surface area (Å²) >= 11 is 0. The Kier molecular flexibility index (Phi) is 9.04. The monoisotopic (exact) mass is 389 g/mol. The Labute approximate surface area is 172 Å². The van der Waals surface area contributed by atoms with Crippen molar-refractivity contribution in [2.24, 2.45) is 5.92 Å². The van der Waals surface area contributed by atoms with Gasteiger partial charge in [0.05, 0.1) is 0 Å². The minimum atomic E-state index is -0.962. The highest BCUT2D eigenvalue weighted by atomic mass is 16.4. The predicted octanol–water partition coefficient (Wildman–Crippen LogP) is 5.65. The molecule has 0 bridgehead atoms. The van der Waals surface area contributed by atoms with E-state index in [1.54, 1.807) is 0 Å². The Bertz CT molecular complexity index is 597. The molecule has 1 aromatic carbocycles. The lowest BCUT2D eigenvalue weighted by Gasteiger charge is -2.29. The number of aliphatic carboxylic acids is 1. The molecule has 0 amide bonds. The molecule has 0 saturated heterocycles. The van der Waals surface area contributed by atoms with Crippen molar-refractivity contribution in [1.82, 2.24) is 0 Å². The van der Waals surface area contributed by atoms with Crippen molar-refractivity contribution in [1.29, 1.82) is 0 Å². The summed E-state index contributed by atoms with van der Waals surface area (Å²) in [6.45, 7) is 14.6. The molecule has 0 fully saturated rings. The van der Waals surface area contributed by atoms with Crippen LogP contribution in [0.15, 0.2) is 12.1 Å². The summed E-state index contributed by atoms with van der Waals surface area (Å²) in [6.07, 6.45) is 8.01. The van der Waals surface area contributed by atoms with Gasteiger partial charge < -0.3 is 15.0 Å². The van der Waals surface area contributed by atoms with E-state index < -0.39 is 11.9 Å². The highest BCUT2D eigenvalue weighted by Crippen LogP contribution is 2.40. The molecular formula is C25H41O3-. The van der Waals surface area contributed by atoms with Crippen LogP contribution < -0.4 is 5.11 Å². The fraction of sp³-hybridized carbons (Fsp3) is 0.720. The molecule has 0 aliphatic carbocycles. The van der Waals surface area contributed by atoms with Gasteiger partial charge in [0, 0.05) is 11.9 Å². The van der Waals surface area contributed by atoms with E-state index in [9.17, 15) is 15.0 Å². The van der Waals surface area contributed by atoms with Crippen LogP contribution in [0.1, 0.15) is 110 Å². The first-order valence-electron chi connectivity index (χ1n) is 11.0. The summed E-state index contributed by atoms with van der Waals surface area (Å²) in [4.78, 5) is 11.7. The zero-order valence-electron chi connectivity index (χ0n) is 19.2. The van der Waals surface area contributed by atoms with E-state index in [1.165, 1.54) is 25.7 Å². The number of hydrogen-bond acceptors (Lipinski definition) is 3. The van der Waals surface area contributed by atoms with E-state index in [0.717, 1.165) is 29.5 Å². The van der Waals surface area contributed by atoms with Gasteiger partial charge in [-0.25, -0.2) is 0 Å². The average molecular weight is 390 g/mol. The van der Waals surface area contributed by atoms with Gasteiger partial charge in [-0.15, -0.1) is 0 Å². The number of carboxylic acids is 1. The van der Waals surface area contributed by atoms with Gasteiger partial charge in [0.15, 0.2) is 0 Å². The van der Waals surface area contributed by atoms with Crippen molar-refractivity contribution in [3.05, 3.63) is 28.8 Å². The van der Waals surface area contributed by atoms with E-state index in [4.69, 9.17) is 0 Å². The molecule has 1 N–H and O–H groups in total. The Morgan fingerprint density at radius 3 is 1.82 bits per heavy atom. The van der Waals surface area contributed by atoms with Gasteiger partial charge in [-0.3, -0.25) is 0 Å². The summed E-state index contributed by atoms with van der Waals surface area (Å²) in [6, 6.07) is 3.98. The number of carbonyl (C=O) groups is 1. The Hall–Kier alpha value is -1.51. The van der Waals surface area contributed by atoms with Crippen molar-refractivity contribution in [3.8, 4) is 5.75 Å². The number of unbranched alkanes of at least 4 members (excludes halogenated alkanes) is 5. The number of rotatable bonds is 10. The smallest absolute Gasteiger partial charge is 0.123 e. The van der Waals surface area contributed by atoms with Crippen LogP contribution in [0.3, 0.4) is 0 Å². The van der Waals surface area contributed by atoms with Crippen molar-refractivity contribution in [3.63, 3.8) is 0 Å². The van der Waals surface area contributed by atoms with Crippen LogP contribution in [-0.2, 0) is 22.0 Å². The molecule has 0 aliphatic heterocycles. The SMILES string of the molecule is CCCCCCCCC(Cc1cc(C(C)(C)C)c(O)c(C(C)(C)C)c1)C(=O)[O-]. The van der Waals surface area contributed by atoms with Crippen LogP contribution in [0, 0.1) is 5.92 Å². The van der Waals surface area contributed by atoms with E-state index in [-0.39, 0.29) is 10.8 Å². The van der Waals surface area contributed by atoms with E-state index in [2.05, 4.69) is 48.5 Å². The lowest BCUT2D eigenvalue weighted by atomic mass is 9.77. The van der Waals surface area contributed by atoms with Crippen molar-refractivity contribution < 1.29 is 15.0 Å². The topological polar surface area (TPSA) is 60.4 Å². The quantitative estimate of drug-likeness (QED) is 0.526. The Morgan fingerprint density at radius 2 is 1.39 bits per heavy atom. The van der Waals surface area contributed by atoms with E-state index in [0.29, 0.717) is 18.6 Å². The predicted molar refractivity (Wildman–Crippen MR) is 116 cm³/mol. The van der Waals surface area contributed by atoms with E-state index in [1.807, 2.05) is 12.1 Å². The van der Waals surface area contributed by atoms with Crippen LogP contribution >= 0.6 is 0 Å². The molecule has 1 rings (SSSR count). The summed E-state index contributed by atoms with van der Waals surface area (Å²) < 4.78 is 0. The third kappa shape index (κ3) is 7.48. The fourth-order valence-corrected chi connectivity index (χ4v) is 3.71. The van der Waals surface area contributed by atoms with Crippen LogP contribution in [-0.4, -0.2) is 11.1 Å². The van der Waals surface area contributed by atoms with Gasteiger partial charge in [0.2, 0.25) is 0 Å². The van der Waals surface area contributed by atoms with Gasteiger partial charge in [0.1, 0.15) is 5.75 Å². The maximum absolute atomic E-state index is 11.7. The molecule has 0 saturated carbocycles. The number of phenols is 1. The van der Waals surface area contributed by atoms with Crippen molar-refractivity contribution in [2.75, 3.05) is 0 Å². The Balaban J connectivity index is 3.01. The summed E-state index contributed by atoms with van der Waals surface area (Å²) in [5.41, 5.74) is 2.32. The third-order valence-electron chi connectivity index (χ3n) is 5.51. The summed E-state index contributed by atoms with van der Waals surface area (Å²) in [7, 11) is 0. The highest BCUT2D eigenvalue weighted by Gasteiger charge is 2.27. The second kappa shape index (κ2) is 10.3. The lowest BCUT2D eigenvalue weighted by molar-refractivity contribution is -0.311. The normalized spacial score (nSPS) is 13.5. The molecule has 160 valence electrons. The zero-order chi connectivity index (χ0) is 21.5. The molecule has 0 radical (unpaired) electrons. The molecule has 0 heterocycles. The lowest BCUT2D eigenvalue weighted by Crippen LogP contribution is -2.32. The van der Waals surface area contributed by atoms with Crippen LogP contribution in [0.25, 0.3) is 0 Å². The highest BCUT2D eigenvalue weighted by molar-refractivity contribution is 5.68. The second-order valence-corrected chi connectivity index (χ2v) is 10.3. The summed E-state index contributed by atoms with van der Waals surface area (Å²) in [5.74, 6) is -1.10. The number of carboxylic acid groups (broad SMARTS) is 1. The number of aromatic hydroxyl groups is 1. The number of hydrogen-bond donors (Lipinski definition) is 1. The first-order valence-corrected chi connectivity index (χ1v) is 11.0. The average Bonchev–Trinajstić information content (AvgIpc) is 2.55. The number of phenolic OH excluding ortho intramolecular Hbond substituents is 1. The summed E-state index contributed by atoms with van der Waals surface area (Å²) in [5, 5.41) is 22.6. The minimum Gasteiger partial charge on any atom is -0.550 e. The molecule has 3 nitrogen and oxygen atoms in total. The maximum atomic E-state index is 11.7. The van der Waals surface area contributed by atoms with Crippen LogP contribution in [0.5, 0.6) is 5.75 Å². The molecule has 0 aliphatic rings. The molecule has 1 unspecified atom stereocenters. The first kappa shape index (κ1) is 24.5. The maximum Gasteiger partial charge on any atom is 0.123 e. The number of benzene rings is 1. The van der Waals surface area contributed by atoms with Gasteiger partial charge in [-0.05, 0) is 40.4 Å². The van der Waals surface area contributed by atoms with E-state index >= 15 is 0 Å². The molecule has 0 aromatic heterocycles. The second-order valence-electron chi connectivity index (χ2n) is 10.3. The molecule has 1 aromatic rings. The number of carbonyl (C=O) groups excluding carboxylic acids is 1. The van der Waals surface area contributed by atoms with Crippen LogP contribution in [0.2, 0.25) is 0 Å². The van der Waals surface area contributed by atoms with Crippen LogP contribution in [0.4, 0.5) is 0 Å². The molecule has 3 heteroatoms. The zero-order valence-corrected chi connectivity index (χ0v) is 19.2. The largest absolute Gasteiger partial charge is 0.550 e. The third-order valence-corrected chi connectivity index (χ3v) is 5.51. The van der Waals surface area contributed by atoms with Gasteiger partial charge in [-0.2, -0.15) is 0 Å².